The molecule has 1 aromatic heterocycles. The van der Waals surface area contributed by atoms with Gasteiger partial charge in [0.15, 0.2) is 0 Å². The van der Waals surface area contributed by atoms with Crippen molar-refractivity contribution in [2.45, 2.75) is 66.8 Å². The number of aromatic nitrogens is 1. The number of aromatic amines is 1. The summed E-state index contributed by atoms with van der Waals surface area (Å²) in [4.78, 5) is 27.8. The summed E-state index contributed by atoms with van der Waals surface area (Å²) in [5, 5.41) is 3.18. The molecule has 1 aromatic rings. The van der Waals surface area contributed by atoms with E-state index in [0.29, 0.717) is 35.0 Å². The largest absolute Gasteiger partial charge is 0.461 e. The molecule has 1 amide bonds. The molecule has 5 nitrogen and oxygen atoms in total. The topological polar surface area (TPSA) is 71.2 Å². The van der Waals surface area contributed by atoms with Gasteiger partial charge < -0.3 is 15.0 Å². The van der Waals surface area contributed by atoms with E-state index < -0.39 is 5.97 Å². The van der Waals surface area contributed by atoms with Crippen molar-refractivity contribution in [3.8, 4) is 0 Å². The zero-order valence-corrected chi connectivity index (χ0v) is 15.7. The van der Waals surface area contributed by atoms with E-state index in [9.17, 15) is 9.59 Å². The van der Waals surface area contributed by atoms with Gasteiger partial charge in [0.25, 0.3) is 5.91 Å². The van der Waals surface area contributed by atoms with E-state index in [0.717, 1.165) is 12.8 Å². The molecular weight excluding hydrogens is 304 g/mol. The van der Waals surface area contributed by atoms with Crippen molar-refractivity contribution in [2.24, 2.45) is 11.3 Å². The first-order valence-electron chi connectivity index (χ1n) is 8.81. The van der Waals surface area contributed by atoms with Crippen LogP contribution in [-0.2, 0) is 4.74 Å². The van der Waals surface area contributed by atoms with Crippen LogP contribution < -0.4 is 5.32 Å². The van der Waals surface area contributed by atoms with Crippen molar-refractivity contribution in [1.82, 2.24) is 10.3 Å². The molecule has 134 valence electrons. The highest BCUT2D eigenvalue weighted by atomic mass is 16.5. The minimum absolute atomic E-state index is 0.105. The smallest absolute Gasteiger partial charge is 0.355 e. The summed E-state index contributed by atoms with van der Waals surface area (Å²) in [6, 6.07) is 0.177. The highest BCUT2D eigenvalue weighted by Gasteiger charge is 2.33. The Kier molecular flexibility index (Phi) is 5.41. The summed E-state index contributed by atoms with van der Waals surface area (Å²) in [5.41, 5.74) is 2.54. The Labute approximate surface area is 144 Å². The Hall–Kier alpha value is -1.78. The van der Waals surface area contributed by atoms with Gasteiger partial charge >= 0.3 is 5.97 Å². The van der Waals surface area contributed by atoms with E-state index in [1.54, 1.807) is 13.8 Å². The molecule has 5 heteroatoms. The average Bonchev–Trinajstić information content (AvgIpc) is 2.71. The summed E-state index contributed by atoms with van der Waals surface area (Å²) in [5.74, 6) is 0.0823. The summed E-state index contributed by atoms with van der Waals surface area (Å²) < 4.78 is 5.05. The maximum absolute atomic E-state index is 12.8. The quantitative estimate of drug-likeness (QED) is 0.824. The van der Waals surface area contributed by atoms with Gasteiger partial charge in [-0.15, -0.1) is 0 Å². The molecule has 1 heterocycles. The van der Waals surface area contributed by atoms with Crippen LogP contribution in [-0.4, -0.2) is 29.5 Å². The van der Waals surface area contributed by atoms with Crippen molar-refractivity contribution in [2.75, 3.05) is 6.61 Å². The average molecular weight is 334 g/mol. The third-order valence-corrected chi connectivity index (χ3v) is 4.87. The number of aryl methyl sites for hydroxylation is 1. The normalized spacial score (nSPS) is 22.9. The van der Waals surface area contributed by atoms with Crippen LogP contribution in [0.15, 0.2) is 0 Å². The van der Waals surface area contributed by atoms with Crippen LogP contribution in [0.25, 0.3) is 0 Å². The highest BCUT2D eigenvalue weighted by molar-refractivity contribution is 6.01. The predicted octanol–water partition coefficient (Wildman–Crippen LogP) is 3.75. The number of ether oxygens (including phenoxy) is 1. The molecule has 24 heavy (non-hydrogen) atoms. The van der Waals surface area contributed by atoms with E-state index in [2.05, 4.69) is 31.1 Å². The zero-order chi connectivity index (χ0) is 18.1. The maximum atomic E-state index is 12.8. The van der Waals surface area contributed by atoms with Gasteiger partial charge in [-0.05, 0) is 56.9 Å². The van der Waals surface area contributed by atoms with Crippen LogP contribution in [0, 0.1) is 25.2 Å². The predicted molar refractivity (Wildman–Crippen MR) is 94.3 cm³/mol. The number of nitrogens with one attached hydrogen (secondary N) is 2. The Balaban J connectivity index is 2.17. The van der Waals surface area contributed by atoms with E-state index in [1.807, 2.05) is 6.92 Å². The van der Waals surface area contributed by atoms with E-state index in [1.165, 1.54) is 6.42 Å². The van der Waals surface area contributed by atoms with Gasteiger partial charge in [0.05, 0.1) is 12.2 Å². The maximum Gasteiger partial charge on any atom is 0.355 e. The molecular formula is C19H30N2O3. The van der Waals surface area contributed by atoms with Crippen molar-refractivity contribution in [3.63, 3.8) is 0 Å². The molecule has 0 radical (unpaired) electrons. The zero-order valence-electron chi connectivity index (χ0n) is 15.7. The van der Waals surface area contributed by atoms with Gasteiger partial charge in [0.1, 0.15) is 5.69 Å². The molecule has 0 aromatic carbocycles. The minimum atomic E-state index is -0.412. The number of amides is 1. The van der Waals surface area contributed by atoms with Crippen LogP contribution in [0.5, 0.6) is 0 Å². The summed E-state index contributed by atoms with van der Waals surface area (Å²) >= 11 is 0. The lowest BCUT2D eigenvalue weighted by Crippen LogP contribution is -2.43. The Morgan fingerprint density at radius 3 is 2.54 bits per heavy atom. The lowest BCUT2D eigenvalue weighted by molar-refractivity contribution is 0.0519. The van der Waals surface area contributed by atoms with Gasteiger partial charge in [-0.3, -0.25) is 4.79 Å². The molecule has 1 aliphatic carbocycles. The third kappa shape index (κ3) is 4.00. The van der Waals surface area contributed by atoms with Gasteiger partial charge in [0, 0.05) is 11.7 Å². The molecule has 2 unspecified atom stereocenters. The van der Waals surface area contributed by atoms with Crippen molar-refractivity contribution < 1.29 is 14.3 Å². The fourth-order valence-corrected chi connectivity index (χ4v) is 4.21. The lowest BCUT2D eigenvalue weighted by Gasteiger charge is -2.39. The van der Waals surface area contributed by atoms with Crippen molar-refractivity contribution in [3.05, 3.63) is 22.5 Å². The van der Waals surface area contributed by atoms with Gasteiger partial charge in [-0.1, -0.05) is 20.8 Å². The fraction of sp³-hybridized carbons (Fsp3) is 0.684. The first-order chi connectivity index (χ1) is 11.1. The van der Waals surface area contributed by atoms with Crippen LogP contribution in [0.4, 0.5) is 0 Å². The molecule has 1 aliphatic rings. The lowest BCUT2D eigenvalue weighted by atomic mass is 9.70. The molecule has 2 N–H and O–H groups in total. The number of hydrogen-bond donors (Lipinski definition) is 2. The molecule has 2 atom stereocenters. The summed E-state index contributed by atoms with van der Waals surface area (Å²) in [7, 11) is 0. The molecule has 1 saturated carbocycles. The molecule has 2 rings (SSSR count). The Morgan fingerprint density at radius 1 is 1.29 bits per heavy atom. The first kappa shape index (κ1) is 18.6. The summed E-state index contributed by atoms with van der Waals surface area (Å²) in [6.07, 6.45) is 3.17. The molecule has 0 bridgehead atoms. The molecule has 0 spiro atoms. The van der Waals surface area contributed by atoms with Gasteiger partial charge in [-0.2, -0.15) is 0 Å². The third-order valence-electron chi connectivity index (χ3n) is 4.87. The number of H-pyrrole nitrogens is 1. The first-order valence-corrected chi connectivity index (χ1v) is 8.81. The van der Waals surface area contributed by atoms with Crippen LogP contribution in [0.2, 0.25) is 0 Å². The second-order valence-corrected chi connectivity index (χ2v) is 7.93. The summed E-state index contributed by atoms with van der Waals surface area (Å²) in [6.45, 7) is 12.4. The fourth-order valence-electron chi connectivity index (χ4n) is 4.21. The van der Waals surface area contributed by atoms with Gasteiger partial charge in [0.2, 0.25) is 0 Å². The number of carbonyl (C=O) groups is 2. The van der Waals surface area contributed by atoms with E-state index in [-0.39, 0.29) is 17.4 Å². The number of esters is 1. The van der Waals surface area contributed by atoms with E-state index >= 15 is 0 Å². The molecule has 0 aliphatic heterocycles. The molecule has 1 fully saturated rings. The minimum Gasteiger partial charge on any atom is -0.461 e. The Bertz CT molecular complexity index is 631. The number of rotatable bonds is 4. The standard InChI is InChI=1S/C19H30N2O3/c1-7-24-18(23)16-12(3)15(13(4)20-16)17(22)21-14-8-11(2)9-19(5,6)10-14/h11,14,20H,7-10H2,1-6H3,(H,21,22). The Morgan fingerprint density at radius 2 is 1.96 bits per heavy atom. The SMILES string of the molecule is CCOC(=O)c1[nH]c(C)c(C(=O)NC2CC(C)CC(C)(C)C2)c1C. The van der Waals surface area contributed by atoms with E-state index in [4.69, 9.17) is 4.74 Å². The number of carbonyl (C=O) groups excluding carboxylic acids is 2. The molecule has 0 saturated heterocycles. The van der Waals surface area contributed by atoms with Crippen LogP contribution in [0.3, 0.4) is 0 Å². The van der Waals surface area contributed by atoms with Gasteiger partial charge in [-0.25, -0.2) is 4.79 Å². The van der Waals surface area contributed by atoms with Crippen molar-refractivity contribution in [1.29, 1.82) is 0 Å². The monoisotopic (exact) mass is 334 g/mol. The van der Waals surface area contributed by atoms with Crippen LogP contribution >= 0.6 is 0 Å². The second kappa shape index (κ2) is 6.99. The van der Waals surface area contributed by atoms with Crippen LogP contribution in [0.1, 0.15) is 79.1 Å². The van der Waals surface area contributed by atoms with Crippen molar-refractivity contribution >= 4 is 11.9 Å². The number of hydrogen-bond acceptors (Lipinski definition) is 3. The second-order valence-electron chi connectivity index (χ2n) is 7.93. The highest BCUT2D eigenvalue weighted by Crippen LogP contribution is 2.38.